The summed E-state index contributed by atoms with van der Waals surface area (Å²) >= 11 is 0. The van der Waals surface area contributed by atoms with Crippen molar-refractivity contribution in [1.29, 1.82) is 0 Å². The summed E-state index contributed by atoms with van der Waals surface area (Å²) in [4.78, 5) is 19.1. The monoisotopic (exact) mass is 329 g/mol. The van der Waals surface area contributed by atoms with Gasteiger partial charge in [-0.3, -0.25) is 14.3 Å². The molecule has 0 N–H and O–H groups in total. The number of piperidine rings is 1. The van der Waals surface area contributed by atoms with Crippen molar-refractivity contribution >= 4 is 0 Å². The van der Waals surface area contributed by atoms with Crippen LogP contribution in [0.1, 0.15) is 48.7 Å². The summed E-state index contributed by atoms with van der Waals surface area (Å²) in [7, 11) is 0. The largest absolute Gasteiger partial charge is 0.299 e. The van der Waals surface area contributed by atoms with Gasteiger partial charge in [0.25, 0.3) is 5.56 Å². The molecule has 3 heterocycles. The Morgan fingerprint density at radius 1 is 1.21 bits per heavy atom. The number of hydrogen-bond donors (Lipinski definition) is 0. The smallest absolute Gasteiger partial charge is 0.253 e. The van der Waals surface area contributed by atoms with E-state index in [0.29, 0.717) is 11.8 Å². The molecule has 0 spiro atoms. The van der Waals surface area contributed by atoms with Gasteiger partial charge in [-0.1, -0.05) is 10.3 Å². The number of aromatic nitrogens is 4. The van der Waals surface area contributed by atoms with Crippen molar-refractivity contribution in [3.8, 4) is 0 Å². The summed E-state index contributed by atoms with van der Waals surface area (Å²) in [5, 5.41) is 7.78. The van der Waals surface area contributed by atoms with E-state index in [4.69, 9.17) is 4.63 Å². The fraction of sp³-hybridized carbons (Fsp3) is 0.647. The lowest BCUT2D eigenvalue weighted by molar-refractivity contribution is 0.162. The van der Waals surface area contributed by atoms with Gasteiger partial charge in [-0.2, -0.15) is 0 Å². The number of hydrogen-bond acceptors (Lipinski definition) is 6. The van der Waals surface area contributed by atoms with E-state index in [-0.39, 0.29) is 5.56 Å². The minimum atomic E-state index is 0.0959. The van der Waals surface area contributed by atoms with Crippen LogP contribution in [-0.4, -0.2) is 37.9 Å². The van der Waals surface area contributed by atoms with Gasteiger partial charge in [0.15, 0.2) is 0 Å². The maximum absolute atomic E-state index is 12.2. The average Bonchev–Trinajstić information content (AvgIpc) is 3.36. The van der Waals surface area contributed by atoms with Gasteiger partial charge in [0.2, 0.25) is 0 Å². The highest BCUT2D eigenvalue weighted by molar-refractivity contribution is 5.12. The molecule has 128 valence electrons. The van der Waals surface area contributed by atoms with Crippen molar-refractivity contribution in [3.05, 3.63) is 39.8 Å². The van der Waals surface area contributed by atoms with Crippen LogP contribution in [0.5, 0.6) is 0 Å². The first kappa shape index (κ1) is 15.5. The molecule has 0 unspecified atom stereocenters. The van der Waals surface area contributed by atoms with E-state index >= 15 is 0 Å². The Labute approximate surface area is 140 Å². The van der Waals surface area contributed by atoms with E-state index in [1.54, 1.807) is 17.0 Å². The molecular weight excluding hydrogens is 306 g/mol. The molecule has 1 aliphatic carbocycles. The first-order valence-corrected chi connectivity index (χ1v) is 8.76. The Bertz CT molecular complexity index is 756. The fourth-order valence-electron chi connectivity index (χ4n) is 3.39. The topological polar surface area (TPSA) is 77.1 Å². The molecule has 1 saturated carbocycles. The summed E-state index contributed by atoms with van der Waals surface area (Å²) in [6.45, 7) is 5.51. The Morgan fingerprint density at radius 3 is 2.62 bits per heavy atom. The van der Waals surface area contributed by atoms with Crippen LogP contribution >= 0.6 is 0 Å². The van der Waals surface area contributed by atoms with Crippen molar-refractivity contribution in [2.75, 3.05) is 13.1 Å². The molecule has 2 aromatic rings. The third kappa shape index (κ3) is 3.40. The molecule has 0 radical (unpaired) electrons. The molecular formula is C17H23N5O2. The lowest BCUT2D eigenvalue weighted by atomic mass is 9.96. The van der Waals surface area contributed by atoms with Gasteiger partial charge in [-0.15, -0.1) is 0 Å². The first-order valence-electron chi connectivity index (χ1n) is 8.76. The summed E-state index contributed by atoms with van der Waals surface area (Å²) in [6, 6.07) is 1.73. The highest BCUT2D eigenvalue weighted by Gasteiger charge is 2.26. The summed E-state index contributed by atoms with van der Waals surface area (Å²) in [5.74, 6) is 1.06. The van der Waals surface area contributed by atoms with Crippen LogP contribution in [0.2, 0.25) is 0 Å². The number of rotatable bonds is 5. The predicted octanol–water partition coefficient (Wildman–Crippen LogP) is 1.72. The molecule has 2 aromatic heterocycles. The Kier molecular flexibility index (Phi) is 4.18. The van der Waals surface area contributed by atoms with Gasteiger partial charge in [-0.05, 0) is 51.6 Å². The summed E-state index contributed by atoms with van der Waals surface area (Å²) < 4.78 is 6.53. The molecule has 7 nitrogen and oxygen atoms in total. The number of likely N-dealkylation sites (tertiary alicyclic amines) is 1. The molecule has 2 aliphatic rings. The predicted molar refractivity (Wildman–Crippen MR) is 87.5 cm³/mol. The SMILES string of the molecule is Cc1nonc1CN1CCC(Cn2cnc(C3CC3)cc2=O)CC1. The van der Waals surface area contributed by atoms with E-state index < -0.39 is 0 Å². The quantitative estimate of drug-likeness (QED) is 0.831. The lowest BCUT2D eigenvalue weighted by Gasteiger charge is -2.31. The molecule has 0 amide bonds. The second kappa shape index (κ2) is 6.47. The third-order valence-electron chi connectivity index (χ3n) is 5.18. The van der Waals surface area contributed by atoms with Gasteiger partial charge < -0.3 is 0 Å². The summed E-state index contributed by atoms with van der Waals surface area (Å²) in [6.07, 6.45) is 6.26. The van der Waals surface area contributed by atoms with Crippen molar-refractivity contribution in [2.45, 2.75) is 51.6 Å². The number of aryl methyl sites for hydroxylation is 1. The van der Waals surface area contributed by atoms with Crippen LogP contribution in [0.25, 0.3) is 0 Å². The third-order valence-corrected chi connectivity index (χ3v) is 5.18. The molecule has 2 fully saturated rings. The van der Waals surface area contributed by atoms with Gasteiger partial charge in [0.1, 0.15) is 11.4 Å². The zero-order valence-corrected chi connectivity index (χ0v) is 14.0. The minimum absolute atomic E-state index is 0.0959. The van der Waals surface area contributed by atoms with Gasteiger partial charge >= 0.3 is 0 Å². The molecule has 1 aliphatic heterocycles. The Morgan fingerprint density at radius 2 is 2.00 bits per heavy atom. The van der Waals surface area contributed by atoms with E-state index in [9.17, 15) is 4.79 Å². The average molecular weight is 329 g/mol. The van der Waals surface area contributed by atoms with Crippen LogP contribution in [0.15, 0.2) is 21.8 Å². The summed E-state index contributed by atoms with van der Waals surface area (Å²) in [5.41, 5.74) is 2.86. The van der Waals surface area contributed by atoms with Gasteiger partial charge in [0.05, 0.1) is 12.0 Å². The molecule has 7 heteroatoms. The van der Waals surface area contributed by atoms with Crippen molar-refractivity contribution in [1.82, 2.24) is 24.8 Å². The van der Waals surface area contributed by atoms with E-state index in [0.717, 1.165) is 56.1 Å². The van der Waals surface area contributed by atoms with Crippen LogP contribution in [0.4, 0.5) is 0 Å². The van der Waals surface area contributed by atoms with E-state index in [2.05, 4.69) is 20.2 Å². The van der Waals surface area contributed by atoms with Gasteiger partial charge in [-0.25, -0.2) is 9.61 Å². The zero-order chi connectivity index (χ0) is 16.5. The maximum Gasteiger partial charge on any atom is 0.253 e. The highest BCUT2D eigenvalue weighted by atomic mass is 16.6. The van der Waals surface area contributed by atoms with Crippen molar-refractivity contribution in [3.63, 3.8) is 0 Å². The van der Waals surface area contributed by atoms with E-state index in [1.165, 1.54) is 12.8 Å². The van der Waals surface area contributed by atoms with Crippen LogP contribution in [0.3, 0.4) is 0 Å². The van der Waals surface area contributed by atoms with Crippen LogP contribution < -0.4 is 5.56 Å². The molecule has 0 bridgehead atoms. The minimum Gasteiger partial charge on any atom is -0.299 e. The van der Waals surface area contributed by atoms with Crippen molar-refractivity contribution in [2.24, 2.45) is 5.92 Å². The van der Waals surface area contributed by atoms with Crippen LogP contribution in [-0.2, 0) is 13.1 Å². The fourth-order valence-corrected chi connectivity index (χ4v) is 3.39. The molecule has 1 saturated heterocycles. The lowest BCUT2D eigenvalue weighted by Crippen LogP contribution is -2.36. The standard InChI is InChI=1S/C17H23N5O2/c1-12-16(20-24-19-12)10-21-6-4-13(5-7-21)9-22-11-18-15(8-17(22)23)14-2-3-14/h8,11,13-14H,2-7,9-10H2,1H3. The van der Waals surface area contributed by atoms with E-state index in [1.807, 2.05) is 6.92 Å². The molecule has 24 heavy (non-hydrogen) atoms. The maximum atomic E-state index is 12.2. The molecule has 4 rings (SSSR count). The highest BCUT2D eigenvalue weighted by Crippen LogP contribution is 2.38. The number of nitrogens with zero attached hydrogens (tertiary/aromatic N) is 5. The Balaban J connectivity index is 1.31. The Hall–Kier alpha value is -2.02. The van der Waals surface area contributed by atoms with Crippen molar-refractivity contribution < 1.29 is 4.63 Å². The van der Waals surface area contributed by atoms with Gasteiger partial charge in [0, 0.05) is 25.1 Å². The normalized spacial score (nSPS) is 19.7. The molecule has 0 atom stereocenters. The second-order valence-electron chi connectivity index (χ2n) is 7.09. The van der Waals surface area contributed by atoms with Crippen LogP contribution in [0, 0.1) is 12.8 Å². The zero-order valence-electron chi connectivity index (χ0n) is 14.0. The molecule has 0 aromatic carbocycles. The second-order valence-corrected chi connectivity index (χ2v) is 7.09. The first-order chi connectivity index (χ1) is 11.7.